The molecule has 0 amide bonds. The van der Waals surface area contributed by atoms with Crippen LogP contribution >= 0.6 is 0 Å². The van der Waals surface area contributed by atoms with Crippen LogP contribution in [0.2, 0.25) is 0 Å². The number of fused-ring (bicyclic) bond motifs is 1. The van der Waals surface area contributed by atoms with Crippen LogP contribution in [0.3, 0.4) is 0 Å². The van der Waals surface area contributed by atoms with E-state index < -0.39 is 15.8 Å². The van der Waals surface area contributed by atoms with Crippen molar-refractivity contribution in [3.8, 4) is 17.2 Å². The van der Waals surface area contributed by atoms with E-state index in [0.29, 0.717) is 17.6 Å². The van der Waals surface area contributed by atoms with Crippen LogP contribution in [0.5, 0.6) is 17.2 Å². The summed E-state index contributed by atoms with van der Waals surface area (Å²) in [5.41, 5.74) is 0.730. The Morgan fingerprint density at radius 3 is 2.31 bits per heavy atom. The van der Waals surface area contributed by atoms with Gasteiger partial charge >= 0.3 is 5.69 Å². The number of hydrogen-bond acceptors (Lipinski definition) is 6. The Morgan fingerprint density at radius 2 is 1.69 bits per heavy atom. The summed E-state index contributed by atoms with van der Waals surface area (Å²) >= 11 is 0. The number of imidazole rings is 2. The van der Waals surface area contributed by atoms with Crippen molar-refractivity contribution in [2.24, 2.45) is 27.1 Å². The first-order valence-electron chi connectivity index (χ1n) is 10.8. The van der Waals surface area contributed by atoms with Crippen LogP contribution in [0.15, 0.2) is 52.7 Å². The summed E-state index contributed by atoms with van der Waals surface area (Å²) in [4.78, 5) is 16.4. The Kier molecular flexibility index (Phi) is 6.32. The number of aryl methyl sites for hydroxylation is 3. The molecule has 0 aliphatic carbocycles. The number of aromatic nitrogens is 4. The molecule has 186 valence electrons. The van der Waals surface area contributed by atoms with Crippen molar-refractivity contribution in [1.29, 1.82) is 0 Å². The van der Waals surface area contributed by atoms with Crippen molar-refractivity contribution in [1.82, 2.24) is 18.7 Å². The monoisotopic (exact) mass is 503 g/mol. The second-order valence-electron chi connectivity index (χ2n) is 8.65. The fraction of sp³-hybridized carbons (Fsp3) is 0.304. The molecule has 4 rings (SSSR count). The smallest absolute Gasteiger partial charge is 0.328 e. The van der Waals surface area contributed by atoms with Gasteiger partial charge in [-0.2, -0.15) is 8.42 Å². The normalized spacial score (nSPS) is 11.9. The lowest BCUT2D eigenvalue weighted by Crippen LogP contribution is -2.19. The van der Waals surface area contributed by atoms with Gasteiger partial charge in [0.05, 0.1) is 29.7 Å². The first-order valence-corrected chi connectivity index (χ1v) is 12.2. The molecular weight excluding hydrogens is 477 g/mol. The second-order valence-corrected chi connectivity index (χ2v) is 10.3. The topological polar surface area (TPSA) is 109 Å². The summed E-state index contributed by atoms with van der Waals surface area (Å²) in [6.07, 6.45) is 2.71. The Balaban J connectivity index is 1.80. The van der Waals surface area contributed by atoms with Gasteiger partial charge < -0.3 is 14.0 Å². The van der Waals surface area contributed by atoms with Gasteiger partial charge in [-0.1, -0.05) is 13.8 Å². The number of sulfonamides is 1. The van der Waals surface area contributed by atoms with Gasteiger partial charge in [0.1, 0.15) is 17.3 Å². The van der Waals surface area contributed by atoms with E-state index in [4.69, 9.17) is 9.47 Å². The minimum absolute atomic E-state index is 0.0539. The average molecular weight is 504 g/mol. The Morgan fingerprint density at radius 1 is 1.03 bits per heavy atom. The summed E-state index contributed by atoms with van der Waals surface area (Å²) in [5.74, 6) is 0.0977. The molecule has 2 aromatic carbocycles. The minimum atomic E-state index is -4.08. The van der Waals surface area contributed by atoms with Crippen LogP contribution < -0.4 is 19.9 Å². The van der Waals surface area contributed by atoms with Gasteiger partial charge in [0.25, 0.3) is 10.0 Å². The molecule has 0 saturated heterocycles. The maximum Gasteiger partial charge on any atom is 0.328 e. The molecule has 4 aromatic rings. The Hall–Kier alpha value is -3.80. The molecule has 0 atom stereocenters. The molecule has 2 heterocycles. The van der Waals surface area contributed by atoms with Crippen LogP contribution in [0.4, 0.5) is 10.1 Å². The third kappa shape index (κ3) is 5.02. The van der Waals surface area contributed by atoms with E-state index in [1.165, 1.54) is 50.5 Å². The SMILES string of the molecule is CC(C)COc1cc(F)cc(Oc2cc3c(cc2NS(=O)(=O)c2cn(C)cn2)n(C)c(=O)n3C)c1. The van der Waals surface area contributed by atoms with Gasteiger partial charge in [-0.05, 0) is 12.0 Å². The molecule has 2 aromatic heterocycles. The highest BCUT2D eigenvalue weighted by Gasteiger charge is 2.22. The highest BCUT2D eigenvalue weighted by atomic mass is 32.2. The van der Waals surface area contributed by atoms with Crippen LogP contribution in [0.1, 0.15) is 13.8 Å². The predicted molar refractivity (Wildman–Crippen MR) is 129 cm³/mol. The fourth-order valence-electron chi connectivity index (χ4n) is 3.48. The van der Waals surface area contributed by atoms with E-state index in [2.05, 4.69) is 9.71 Å². The molecule has 35 heavy (non-hydrogen) atoms. The zero-order valence-electron chi connectivity index (χ0n) is 19.9. The third-order valence-electron chi connectivity index (χ3n) is 5.23. The molecule has 0 fully saturated rings. The number of benzene rings is 2. The lowest BCUT2D eigenvalue weighted by atomic mass is 10.2. The first-order chi connectivity index (χ1) is 16.4. The number of rotatable bonds is 8. The summed E-state index contributed by atoms with van der Waals surface area (Å²) in [6, 6.07) is 6.92. The zero-order chi connectivity index (χ0) is 25.5. The predicted octanol–water partition coefficient (Wildman–Crippen LogP) is 3.38. The maximum atomic E-state index is 14.3. The summed E-state index contributed by atoms with van der Waals surface area (Å²) in [5, 5.41) is -0.192. The Bertz CT molecular complexity index is 1570. The first kappa shape index (κ1) is 24.3. The van der Waals surface area contributed by atoms with Gasteiger partial charge in [0, 0.05) is 51.6 Å². The molecule has 10 nitrogen and oxygen atoms in total. The number of hydrogen-bond donors (Lipinski definition) is 1. The average Bonchev–Trinajstić information content (AvgIpc) is 3.31. The van der Waals surface area contributed by atoms with Crippen molar-refractivity contribution >= 4 is 26.7 Å². The molecule has 0 radical (unpaired) electrons. The summed E-state index contributed by atoms with van der Waals surface area (Å²) < 4.78 is 58.6. The second kappa shape index (κ2) is 9.10. The van der Waals surface area contributed by atoms with Crippen LogP contribution in [0.25, 0.3) is 11.0 Å². The van der Waals surface area contributed by atoms with Crippen LogP contribution in [-0.4, -0.2) is 33.7 Å². The van der Waals surface area contributed by atoms with Gasteiger partial charge in [-0.25, -0.2) is 14.2 Å². The van der Waals surface area contributed by atoms with Crippen molar-refractivity contribution in [3.63, 3.8) is 0 Å². The summed E-state index contributed by atoms with van der Waals surface area (Å²) in [6.45, 7) is 4.32. The van der Waals surface area contributed by atoms with Gasteiger partial charge in [0.2, 0.25) is 0 Å². The van der Waals surface area contributed by atoms with E-state index in [0.717, 1.165) is 6.07 Å². The molecule has 0 spiro atoms. The van der Waals surface area contributed by atoms with Crippen molar-refractivity contribution in [3.05, 3.63) is 59.2 Å². The van der Waals surface area contributed by atoms with Gasteiger partial charge in [-0.3, -0.25) is 13.9 Å². The lowest BCUT2D eigenvalue weighted by molar-refractivity contribution is 0.269. The fourth-order valence-corrected chi connectivity index (χ4v) is 4.53. The molecule has 0 unspecified atom stereocenters. The molecule has 0 saturated carbocycles. The quantitative estimate of drug-likeness (QED) is 0.395. The van der Waals surface area contributed by atoms with Crippen LogP contribution in [-0.2, 0) is 31.2 Å². The van der Waals surface area contributed by atoms with E-state index in [1.807, 2.05) is 13.8 Å². The minimum Gasteiger partial charge on any atom is -0.493 e. The van der Waals surface area contributed by atoms with Crippen molar-refractivity contribution in [2.75, 3.05) is 11.3 Å². The van der Waals surface area contributed by atoms with Crippen LogP contribution in [0, 0.1) is 11.7 Å². The van der Waals surface area contributed by atoms with E-state index >= 15 is 0 Å². The number of anilines is 1. The highest BCUT2D eigenvalue weighted by Crippen LogP contribution is 2.36. The number of halogens is 1. The molecule has 0 aliphatic rings. The number of ether oxygens (including phenoxy) is 2. The Labute approximate surface area is 201 Å². The van der Waals surface area contributed by atoms with E-state index in [1.54, 1.807) is 21.1 Å². The zero-order valence-corrected chi connectivity index (χ0v) is 20.8. The standard InChI is InChI=1S/C23H26FN5O5S/c1-14(2)12-33-16-6-15(24)7-17(8-16)34-21-10-20-19(28(4)23(30)29(20)5)9-18(21)26-35(31,32)22-11-27(3)13-25-22/h6-11,13-14,26H,12H2,1-5H3. The van der Waals surface area contributed by atoms with Gasteiger partial charge in [-0.15, -0.1) is 0 Å². The molecule has 0 aliphatic heterocycles. The van der Waals surface area contributed by atoms with E-state index in [9.17, 15) is 17.6 Å². The maximum absolute atomic E-state index is 14.3. The van der Waals surface area contributed by atoms with E-state index in [-0.39, 0.29) is 39.6 Å². The summed E-state index contributed by atoms with van der Waals surface area (Å²) in [7, 11) is 0.733. The molecule has 12 heteroatoms. The lowest BCUT2D eigenvalue weighted by Gasteiger charge is -2.15. The van der Waals surface area contributed by atoms with Crippen molar-refractivity contribution < 1.29 is 22.3 Å². The molecule has 1 N–H and O–H groups in total. The van der Waals surface area contributed by atoms with Crippen molar-refractivity contribution in [2.45, 2.75) is 18.9 Å². The highest BCUT2D eigenvalue weighted by molar-refractivity contribution is 7.92. The van der Waals surface area contributed by atoms with Gasteiger partial charge in [0.15, 0.2) is 10.8 Å². The number of nitrogens with one attached hydrogen (secondary N) is 1. The molecule has 0 bridgehead atoms. The number of nitrogens with zero attached hydrogens (tertiary/aromatic N) is 4. The largest absolute Gasteiger partial charge is 0.493 e. The molecular formula is C23H26FN5O5S. The third-order valence-corrected chi connectivity index (χ3v) is 6.48.